The van der Waals surface area contributed by atoms with Gasteiger partial charge in [0.25, 0.3) is 0 Å². The summed E-state index contributed by atoms with van der Waals surface area (Å²) in [5, 5.41) is 66.0. The number of benzene rings is 2. The quantitative estimate of drug-likeness (QED) is 0.156. The molecule has 0 aromatic heterocycles. The van der Waals surface area contributed by atoms with E-state index in [1.54, 1.807) is 81.5 Å². The fourth-order valence-electron chi connectivity index (χ4n) is 3.91. The average molecular weight is 505 g/mol. The van der Waals surface area contributed by atoms with Crippen molar-refractivity contribution in [1.29, 1.82) is 0 Å². The molecule has 5 atom stereocenters. The summed E-state index contributed by atoms with van der Waals surface area (Å²) in [6.07, 6.45) is -3.17. The van der Waals surface area contributed by atoms with E-state index in [0.29, 0.717) is 16.7 Å². The van der Waals surface area contributed by atoms with Crippen molar-refractivity contribution in [2.24, 2.45) is 0 Å². The minimum atomic E-state index is -2.76. The van der Waals surface area contributed by atoms with Crippen LogP contribution in [0.25, 0.3) is 0 Å². The van der Waals surface area contributed by atoms with Crippen molar-refractivity contribution in [3.05, 3.63) is 82.9 Å². The van der Waals surface area contributed by atoms with E-state index < -0.39 is 36.1 Å². The molecule has 2 rings (SSSR count). The van der Waals surface area contributed by atoms with Crippen LogP contribution in [0, 0.1) is 13.8 Å². The van der Waals surface area contributed by atoms with Gasteiger partial charge in [0.1, 0.15) is 23.9 Å². The largest absolute Gasteiger partial charge is 0.394 e. The zero-order chi connectivity index (χ0) is 25.7. The van der Waals surface area contributed by atoms with Crippen LogP contribution < -0.4 is 0 Å². The smallest absolute Gasteiger partial charge is 0.157 e. The minimum Gasteiger partial charge on any atom is -0.394 e. The van der Waals surface area contributed by atoms with Crippen LogP contribution in [0.15, 0.2) is 60.7 Å². The van der Waals surface area contributed by atoms with Crippen molar-refractivity contribution < 1.29 is 30.6 Å². The van der Waals surface area contributed by atoms with E-state index in [9.17, 15) is 30.6 Å². The Labute approximate surface area is 210 Å². The molecule has 34 heavy (non-hydrogen) atoms. The first-order valence-corrected chi connectivity index (χ1v) is 11.7. The number of aliphatic hydroxyl groups excluding tert-OH is 4. The monoisotopic (exact) mass is 504 g/mol. The van der Waals surface area contributed by atoms with Gasteiger partial charge in [0.2, 0.25) is 0 Å². The van der Waals surface area contributed by atoms with Gasteiger partial charge in [-0.05, 0) is 43.0 Å². The zero-order valence-corrected chi connectivity index (χ0v) is 21.1. The van der Waals surface area contributed by atoms with Crippen LogP contribution in [0.5, 0.6) is 0 Å². The van der Waals surface area contributed by atoms with Crippen LogP contribution in [0.3, 0.4) is 0 Å². The molecule has 184 valence electrons. The van der Waals surface area contributed by atoms with Crippen molar-refractivity contribution in [3.8, 4) is 0 Å². The van der Waals surface area contributed by atoms with Gasteiger partial charge in [0, 0.05) is 6.42 Å². The van der Waals surface area contributed by atoms with Crippen LogP contribution in [0.1, 0.15) is 35.6 Å². The summed E-state index contributed by atoms with van der Waals surface area (Å²) in [7, 11) is 0. The van der Waals surface area contributed by atoms with Gasteiger partial charge in [-0.1, -0.05) is 85.1 Å². The maximum atomic E-state index is 11.8. The predicted octanol–water partition coefficient (Wildman–Crippen LogP) is 1.94. The molecule has 6 N–H and O–H groups in total. The molecular weight excluding hydrogens is 472 g/mol. The Morgan fingerprint density at radius 1 is 0.882 bits per heavy atom. The van der Waals surface area contributed by atoms with Crippen molar-refractivity contribution in [3.63, 3.8) is 0 Å². The number of hydrogen-bond acceptors (Lipinski definition) is 8. The standard InChI is InChI=1S/C26H32O6S2/c1-4-5-14-25(31,22(33)18-12-8-6-10-16(18)2)24(30)26(32,21(29)20(28)15-27)23(34)19-13-9-7-11-17(19)3/h4-13,20-21,24,27-32H,14-15H2,1-3H3/b5-4+/t20-,21+,24+,25?,26-/m0/s1. The third kappa shape index (κ3) is 5.35. The summed E-state index contributed by atoms with van der Waals surface area (Å²) in [6, 6.07) is 13.7. The van der Waals surface area contributed by atoms with E-state index in [-0.39, 0.29) is 16.1 Å². The number of rotatable bonds is 11. The van der Waals surface area contributed by atoms with Crippen molar-refractivity contribution in [2.75, 3.05) is 6.61 Å². The maximum Gasteiger partial charge on any atom is 0.157 e. The van der Waals surface area contributed by atoms with E-state index in [1.165, 1.54) is 0 Å². The van der Waals surface area contributed by atoms with Crippen molar-refractivity contribution in [1.82, 2.24) is 0 Å². The Bertz CT molecular complexity index is 1060. The molecule has 0 heterocycles. The number of thiocarbonyl (C=S) groups is 2. The van der Waals surface area contributed by atoms with E-state index in [0.717, 1.165) is 5.56 Å². The Morgan fingerprint density at radius 2 is 1.35 bits per heavy atom. The van der Waals surface area contributed by atoms with Crippen LogP contribution in [0.2, 0.25) is 0 Å². The van der Waals surface area contributed by atoms with Crippen LogP contribution >= 0.6 is 24.4 Å². The first-order chi connectivity index (χ1) is 16.0. The normalized spacial score (nSPS) is 18.0. The molecule has 0 saturated heterocycles. The molecular formula is C26H32O6S2. The molecule has 8 heteroatoms. The summed E-state index contributed by atoms with van der Waals surface area (Å²) in [6.45, 7) is 4.33. The number of aryl methyl sites for hydroxylation is 2. The van der Waals surface area contributed by atoms with Gasteiger partial charge in [-0.15, -0.1) is 0 Å². The van der Waals surface area contributed by atoms with Gasteiger partial charge in [-0.25, -0.2) is 0 Å². The molecule has 2 aromatic rings. The molecule has 2 aromatic carbocycles. The van der Waals surface area contributed by atoms with Gasteiger partial charge in [0.05, 0.1) is 16.3 Å². The lowest BCUT2D eigenvalue weighted by atomic mass is 9.71. The van der Waals surface area contributed by atoms with Gasteiger partial charge in [-0.2, -0.15) is 0 Å². The number of hydrogen-bond donors (Lipinski definition) is 6. The Kier molecular flexibility index (Phi) is 9.76. The molecule has 0 bridgehead atoms. The zero-order valence-electron chi connectivity index (χ0n) is 19.4. The molecule has 6 nitrogen and oxygen atoms in total. The molecule has 0 fully saturated rings. The van der Waals surface area contributed by atoms with Crippen LogP contribution in [0.4, 0.5) is 0 Å². The van der Waals surface area contributed by atoms with Crippen molar-refractivity contribution >= 4 is 34.2 Å². The van der Waals surface area contributed by atoms with Gasteiger partial charge < -0.3 is 30.6 Å². The topological polar surface area (TPSA) is 121 Å². The average Bonchev–Trinajstić information content (AvgIpc) is 2.85. The third-order valence-electron chi connectivity index (χ3n) is 6.07. The highest BCUT2D eigenvalue weighted by molar-refractivity contribution is 7.81. The molecule has 0 radical (unpaired) electrons. The molecule has 0 spiro atoms. The predicted molar refractivity (Wildman–Crippen MR) is 140 cm³/mol. The molecule has 1 unspecified atom stereocenters. The maximum absolute atomic E-state index is 11.8. The van der Waals surface area contributed by atoms with Gasteiger partial charge in [0.15, 0.2) is 5.60 Å². The van der Waals surface area contributed by atoms with E-state index in [4.69, 9.17) is 24.4 Å². The van der Waals surface area contributed by atoms with E-state index in [2.05, 4.69) is 0 Å². The highest BCUT2D eigenvalue weighted by Gasteiger charge is 2.58. The Balaban J connectivity index is 2.75. The fraction of sp³-hybridized carbons (Fsp3) is 0.385. The lowest BCUT2D eigenvalue weighted by Crippen LogP contribution is -2.70. The van der Waals surface area contributed by atoms with Crippen molar-refractivity contribution in [2.45, 2.75) is 56.7 Å². The third-order valence-corrected chi connectivity index (χ3v) is 7.19. The second-order valence-electron chi connectivity index (χ2n) is 8.41. The molecule has 0 aliphatic heterocycles. The number of aliphatic hydroxyl groups is 6. The molecule has 0 aliphatic rings. The second kappa shape index (κ2) is 11.7. The lowest BCUT2D eigenvalue weighted by Gasteiger charge is -2.46. The fourth-order valence-corrected chi connectivity index (χ4v) is 4.79. The highest BCUT2D eigenvalue weighted by Crippen LogP contribution is 2.36. The second-order valence-corrected chi connectivity index (χ2v) is 9.22. The van der Waals surface area contributed by atoms with Crippen LogP contribution in [-0.2, 0) is 0 Å². The van der Waals surface area contributed by atoms with Gasteiger partial charge >= 0.3 is 0 Å². The first-order valence-electron chi connectivity index (χ1n) is 10.9. The summed E-state index contributed by atoms with van der Waals surface area (Å²) in [5.41, 5.74) is -2.84. The Hall–Kier alpha value is -1.88. The van der Waals surface area contributed by atoms with E-state index in [1.807, 2.05) is 0 Å². The summed E-state index contributed by atoms with van der Waals surface area (Å²) in [4.78, 5) is -0.363. The summed E-state index contributed by atoms with van der Waals surface area (Å²) < 4.78 is 0. The minimum absolute atomic E-state index is 0.0621. The summed E-state index contributed by atoms with van der Waals surface area (Å²) in [5.74, 6) is 0. The highest BCUT2D eigenvalue weighted by atomic mass is 32.1. The number of allylic oxidation sites excluding steroid dienone is 1. The summed E-state index contributed by atoms with van der Waals surface area (Å²) >= 11 is 11.2. The van der Waals surface area contributed by atoms with Crippen LogP contribution in [-0.4, -0.2) is 76.5 Å². The van der Waals surface area contributed by atoms with Gasteiger partial charge in [-0.3, -0.25) is 0 Å². The Morgan fingerprint density at radius 3 is 1.79 bits per heavy atom. The first kappa shape index (κ1) is 28.4. The molecule has 0 saturated carbocycles. The van der Waals surface area contributed by atoms with E-state index >= 15 is 0 Å². The lowest BCUT2D eigenvalue weighted by molar-refractivity contribution is -0.179. The molecule has 0 amide bonds. The molecule has 0 aliphatic carbocycles. The SMILES string of the molecule is C/C=C/CC(O)(C(=S)c1ccccc1C)[C@@H](O)[C@@](O)(C(=S)c1ccccc1C)[C@H](O)[C@@H](O)CO.